The van der Waals surface area contributed by atoms with Crippen LogP contribution in [-0.2, 0) is 4.74 Å². The Morgan fingerprint density at radius 2 is 1.42 bits per heavy atom. The van der Waals surface area contributed by atoms with Gasteiger partial charge in [-0.15, -0.1) is 0 Å². The average Bonchev–Trinajstić information content (AvgIpc) is 2.79. The van der Waals surface area contributed by atoms with Gasteiger partial charge >= 0.3 is 5.97 Å². The Labute approximate surface area is 181 Å². The molecule has 0 aliphatic carbocycles. The molecule has 0 aromatic heterocycles. The SMILES string of the molecule is CCCOC(=O)c1ccc(NC(=O)c2ccc(C)c(NC(=O)c3ccccc3)c2)cc1. The monoisotopic (exact) mass is 416 g/mol. The highest BCUT2D eigenvalue weighted by Gasteiger charge is 2.12. The van der Waals surface area contributed by atoms with Gasteiger partial charge in [-0.2, -0.15) is 0 Å². The van der Waals surface area contributed by atoms with Crippen molar-refractivity contribution in [2.45, 2.75) is 20.3 Å². The summed E-state index contributed by atoms with van der Waals surface area (Å²) in [6.45, 7) is 4.15. The number of aryl methyl sites for hydroxylation is 1. The maximum Gasteiger partial charge on any atom is 0.338 e. The number of anilines is 2. The Hall–Kier alpha value is -3.93. The van der Waals surface area contributed by atoms with Gasteiger partial charge in [-0.3, -0.25) is 9.59 Å². The van der Waals surface area contributed by atoms with Crippen LogP contribution in [0, 0.1) is 6.92 Å². The smallest absolute Gasteiger partial charge is 0.338 e. The van der Waals surface area contributed by atoms with Gasteiger partial charge in [-0.05, 0) is 67.4 Å². The Kier molecular flexibility index (Phi) is 7.17. The van der Waals surface area contributed by atoms with Gasteiger partial charge in [0.25, 0.3) is 11.8 Å². The first-order valence-electron chi connectivity index (χ1n) is 10.0. The molecule has 0 heterocycles. The largest absolute Gasteiger partial charge is 0.462 e. The minimum atomic E-state index is -0.392. The molecule has 0 saturated heterocycles. The predicted molar refractivity (Wildman–Crippen MR) is 121 cm³/mol. The first-order chi connectivity index (χ1) is 15.0. The van der Waals surface area contributed by atoms with E-state index >= 15 is 0 Å². The molecule has 0 atom stereocenters. The van der Waals surface area contributed by atoms with Crippen LogP contribution in [-0.4, -0.2) is 24.4 Å². The van der Waals surface area contributed by atoms with Crippen LogP contribution in [0.1, 0.15) is 50.0 Å². The molecule has 3 aromatic carbocycles. The van der Waals surface area contributed by atoms with Gasteiger partial charge in [-0.1, -0.05) is 31.2 Å². The second kappa shape index (κ2) is 10.2. The molecule has 31 heavy (non-hydrogen) atoms. The molecule has 0 aliphatic heterocycles. The molecule has 0 unspecified atom stereocenters. The molecular formula is C25H24N2O4. The third kappa shape index (κ3) is 5.79. The summed E-state index contributed by atoms with van der Waals surface area (Å²) in [7, 11) is 0. The van der Waals surface area contributed by atoms with Crippen LogP contribution in [0.15, 0.2) is 72.8 Å². The van der Waals surface area contributed by atoms with E-state index in [4.69, 9.17) is 4.74 Å². The van der Waals surface area contributed by atoms with Crippen LogP contribution in [0.5, 0.6) is 0 Å². The molecule has 2 N–H and O–H groups in total. The maximum absolute atomic E-state index is 12.7. The van der Waals surface area contributed by atoms with E-state index in [2.05, 4.69) is 10.6 Å². The number of carbonyl (C=O) groups is 3. The van der Waals surface area contributed by atoms with Crippen LogP contribution >= 0.6 is 0 Å². The summed E-state index contributed by atoms with van der Waals surface area (Å²) in [5.41, 5.74) is 3.32. The van der Waals surface area contributed by atoms with Gasteiger partial charge < -0.3 is 15.4 Å². The van der Waals surface area contributed by atoms with Crippen molar-refractivity contribution in [3.8, 4) is 0 Å². The van der Waals surface area contributed by atoms with E-state index < -0.39 is 5.97 Å². The minimum absolute atomic E-state index is 0.244. The molecule has 0 aliphatic rings. The van der Waals surface area contributed by atoms with Crippen molar-refractivity contribution in [2.24, 2.45) is 0 Å². The van der Waals surface area contributed by atoms with E-state index in [1.165, 1.54) is 0 Å². The fourth-order valence-corrected chi connectivity index (χ4v) is 2.85. The number of benzene rings is 3. The molecule has 0 saturated carbocycles. The summed E-state index contributed by atoms with van der Waals surface area (Å²) < 4.78 is 5.09. The second-order valence-corrected chi connectivity index (χ2v) is 7.02. The lowest BCUT2D eigenvalue weighted by Gasteiger charge is -2.11. The number of carbonyl (C=O) groups excluding carboxylic acids is 3. The maximum atomic E-state index is 12.7. The normalized spacial score (nSPS) is 10.3. The molecule has 3 rings (SSSR count). The number of ether oxygens (including phenoxy) is 1. The Morgan fingerprint density at radius 3 is 2.10 bits per heavy atom. The zero-order valence-electron chi connectivity index (χ0n) is 17.5. The average molecular weight is 416 g/mol. The topological polar surface area (TPSA) is 84.5 Å². The summed E-state index contributed by atoms with van der Waals surface area (Å²) in [5.74, 6) is -0.958. The molecule has 0 radical (unpaired) electrons. The zero-order valence-corrected chi connectivity index (χ0v) is 17.5. The highest BCUT2D eigenvalue weighted by molar-refractivity contribution is 6.08. The highest BCUT2D eigenvalue weighted by atomic mass is 16.5. The predicted octanol–water partition coefficient (Wildman–Crippen LogP) is 5.07. The first kappa shape index (κ1) is 21.8. The Bertz CT molecular complexity index is 1080. The number of esters is 1. The summed E-state index contributed by atoms with van der Waals surface area (Å²) >= 11 is 0. The Balaban J connectivity index is 1.69. The number of hydrogen-bond donors (Lipinski definition) is 2. The van der Waals surface area contributed by atoms with Gasteiger partial charge in [0.1, 0.15) is 0 Å². The Morgan fingerprint density at radius 1 is 0.774 bits per heavy atom. The van der Waals surface area contributed by atoms with Gasteiger partial charge in [0.15, 0.2) is 0 Å². The summed E-state index contributed by atoms with van der Waals surface area (Å²) in [6, 6.07) is 20.5. The van der Waals surface area contributed by atoms with Crippen molar-refractivity contribution in [1.82, 2.24) is 0 Å². The first-order valence-corrected chi connectivity index (χ1v) is 10.0. The van der Waals surface area contributed by atoms with E-state index in [0.717, 1.165) is 12.0 Å². The van der Waals surface area contributed by atoms with Crippen molar-refractivity contribution in [1.29, 1.82) is 0 Å². The van der Waals surface area contributed by atoms with Crippen molar-refractivity contribution in [3.05, 3.63) is 95.1 Å². The van der Waals surface area contributed by atoms with E-state index in [0.29, 0.717) is 34.7 Å². The quantitative estimate of drug-likeness (QED) is 0.527. The van der Waals surface area contributed by atoms with Crippen molar-refractivity contribution >= 4 is 29.2 Å². The van der Waals surface area contributed by atoms with Gasteiger partial charge in [0.2, 0.25) is 0 Å². The van der Waals surface area contributed by atoms with Crippen LogP contribution in [0.3, 0.4) is 0 Å². The number of rotatable bonds is 7. The highest BCUT2D eigenvalue weighted by Crippen LogP contribution is 2.20. The van der Waals surface area contributed by atoms with Crippen molar-refractivity contribution in [3.63, 3.8) is 0 Å². The lowest BCUT2D eigenvalue weighted by atomic mass is 10.1. The molecular weight excluding hydrogens is 392 g/mol. The number of amides is 2. The second-order valence-electron chi connectivity index (χ2n) is 7.02. The molecule has 2 amide bonds. The molecule has 0 spiro atoms. The summed E-state index contributed by atoms with van der Waals surface area (Å²) in [4.78, 5) is 37.0. The molecule has 0 bridgehead atoms. The van der Waals surface area contributed by atoms with E-state index in [9.17, 15) is 14.4 Å². The standard InChI is InChI=1S/C25H24N2O4/c1-3-15-31-25(30)19-11-13-21(14-12-19)26-24(29)20-10-9-17(2)22(16-20)27-23(28)18-7-5-4-6-8-18/h4-14,16H,3,15H2,1-2H3,(H,26,29)(H,27,28). The summed E-state index contributed by atoms with van der Waals surface area (Å²) in [6.07, 6.45) is 0.754. The van der Waals surface area contributed by atoms with Gasteiger partial charge in [-0.25, -0.2) is 4.79 Å². The molecule has 6 heteroatoms. The molecule has 0 fully saturated rings. The lowest BCUT2D eigenvalue weighted by Crippen LogP contribution is -2.15. The number of nitrogens with one attached hydrogen (secondary N) is 2. The third-order valence-electron chi connectivity index (χ3n) is 4.60. The molecule has 158 valence electrons. The molecule has 3 aromatic rings. The summed E-state index contributed by atoms with van der Waals surface area (Å²) in [5, 5.41) is 5.65. The van der Waals surface area contributed by atoms with Gasteiger partial charge in [0, 0.05) is 22.5 Å². The van der Waals surface area contributed by atoms with Crippen LogP contribution in [0.25, 0.3) is 0 Å². The lowest BCUT2D eigenvalue weighted by molar-refractivity contribution is 0.0505. The number of hydrogen-bond acceptors (Lipinski definition) is 4. The fourth-order valence-electron chi connectivity index (χ4n) is 2.85. The van der Waals surface area contributed by atoms with E-state index in [1.54, 1.807) is 66.7 Å². The van der Waals surface area contributed by atoms with Crippen LogP contribution < -0.4 is 10.6 Å². The van der Waals surface area contributed by atoms with Crippen LogP contribution in [0.2, 0.25) is 0 Å². The van der Waals surface area contributed by atoms with E-state index in [1.807, 2.05) is 19.9 Å². The van der Waals surface area contributed by atoms with Gasteiger partial charge in [0.05, 0.1) is 12.2 Å². The third-order valence-corrected chi connectivity index (χ3v) is 4.60. The van der Waals surface area contributed by atoms with Crippen molar-refractivity contribution in [2.75, 3.05) is 17.2 Å². The fraction of sp³-hybridized carbons (Fsp3) is 0.160. The van der Waals surface area contributed by atoms with Crippen molar-refractivity contribution < 1.29 is 19.1 Å². The van der Waals surface area contributed by atoms with E-state index in [-0.39, 0.29) is 11.8 Å². The molecule has 6 nitrogen and oxygen atoms in total. The van der Waals surface area contributed by atoms with Crippen LogP contribution in [0.4, 0.5) is 11.4 Å². The zero-order chi connectivity index (χ0) is 22.2. The minimum Gasteiger partial charge on any atom is -0.462 e.